The number of aromatic hydroxyl groups is 1. The Morgan fingerprint density at radius 3 is 2.50 bits per heavy atom. The van der Waals surface area contributed by atoms with Crippen LogP contribution in [0.15, 0.2) is 23.1 Å². The number of phenols is 1. The molecule has 0 aliphatic heterocycles. The van der Waals surface area contributed by atoms with E-state index in [0.29, 0.717) is 11.4 Å². The van der Waals surface area contributed by atoms with Gasteiger partial charge in [-0.15, -0.1) is 5.10 Å². The standard InChI is InChI=1S/C11H13N5O3S/c1-6-7(2)14-15-11(13-6)16-20(18,19)8-3-4-10(17)9(12)5-8/h3-5,17H,12H2,1-2H3,(H,13,15,16). The molecule has 0 spiro atoms. The van der Waals surface area contributed by atoms with E-state index in [1.807, 2.05) is 0 Å². The van der Waals surface area contributed by atoms with E-state index in [-0.39, 0.29) is 22.3 Å². The van der Waals surface area contributed by atoms with Gasteiger partial charge in [-0.2, -0.15) is 5.10 Å². The normalized spacial score (nSPS) is 11.3. The van der Waals surface area contributed by atoms with Crippen LogP contribution in [0.2, 0.25) is 0 Å². The van der Waals surface area contributed by atoms with Crippen LogP contribution < -0.4 is 10.5 Å². The van der Waals surface area contributed by atoms with Crippen molar-refractivity contribution in [1.82, 2.24) is 15.2 Å². The summed E-state index contributed by atoms with van der Waals surface area (Å²) in [7, 11) is -3.89. The molecular weight excluding hydrogens is 282 g/mol. The van der Waals surface area contributed by atoms with E-state index in [9.17, 15) is 13.5 Å². The first-order valence-electron chi connectivity index (χ1n) is 5.59. The van der Waals surface area contributed by atoms with Crippen molar-refractivity contribution in [2.75, 3.05) is 10.5 Å². The number of hydrogen-bond donors (Lipinski definition) is 3. The molecule has 0 radical (unpaired) electrons. The largest absolute Gasteiger partial charge is 0.506 e. The van der Waals surface area contributed by atoms with Crippen molar-refractivity contribution in [3.63, 3.8) is 0 Å². The van der Waals surface area contributed by atoms with Gasteiger partial charge in [-0.25, -0.2) is 18.1 Å². The molecule has 106 valence electrons. The van der Waals surface area contributed by atoms with E-state index in [1.54, 1.807) is 13.8 Å². The summed E-state index contributed by atoms with van der Waals surface area (Å²) in [5, 5.41) is 16.7. The molecule has 0 fully saturated rings. The number of aryl methyl sites for hydroxylation is 2. The van der Waals surface area contributed by atoms with Gasteiger partial charge < -0.3 is 10.8 Å². The van der Waals surface area contributed by atoms with Crippen LogP contribution in [0.4, 0.5) is 11.6 Å². The smallest absolute Gasteiger partial charge is 0.264 e. The number of rotatable bonds is 3. The maximum Gasteiger partial charge on any atom is 0.264 e. The zero-order valence-electron chi connectivity index (χ0n) is 10.8. The Hall–Kier alpha value is -2.42. The summed E-state index contributed by atoms with van der Waals surface area (Å²) < 4.78 is 26.4. The first kappa shape index (κ1) is 14.0. The second kappa shape index (κ2) is 4.93. The summed E-state index contributed by atoms with van der Waals surface area (Å²) in [5.74, 6) is -0.312. The van der Waals surface area contributed by atoms with Gasteiger partial charge in [0.15, 0.2) is 0 Å². The maximum absolute atomic E-state index is 12.1. The summed E-state index contributed by atoms with van der Waals surface area (Å²) in [5.41, 5.74) is 6.62. The van der Waals surface area contributed by atoms with E-state index in [4.69, 9.17) is 5.73 Å². The first-order valence-corrected chi connectivity index (χ1v) is 7.07. The minimum atomic E-state index is -3.89. The lowest BCUT2D eigenvalue weighted by Gasteiger charge is -2.08. The molecular formula is C11H13N5O3S. The van der Waals surface area contributed by atoms with Crippen molar-refractivity contribution >= 4 is 21.7 Å². The Morgan fingerprint density at radius 2 is 1.90 bits per heavy atom. The van der Waals surface area contributed by atoms with Gasteiger partial charge in [0.25, 0.3) is 16.0 Å². The number of aromatic nitrogens is 3. The third-order valence-corrected chi connectivity index (χ3v) is 3.95. The predicted octanol–water partition coefficient (Wildman–Crippen LogP) is 0.577. The molecule has 2 aromatic rings. The fourth-order valence-corrected chi connectivity index (χ4v) is 2.35. The van der Waals surface area contributed by atoms with E-state index in [0.717, 1.165) is 6.07 Å². The van der Waals surface area contributed by atoms with E-state index in [2.05, 4.69) is 19.9 Å². The van der Waals surface area contributed by atoms with Gasteiger partial charge in [0.1, 0.15) is 5.75 Å². The van der Waals surface area contributed by atoms with Crippen molar-refractivity contribution < 1.29 is 13.5 Å². The van der Waals surface area contributed by atoms with Crippen LogP contribution in [0.3, 0.4) is 0 Å². The third-order valence-electron chi connectivity index (χ3n) is 2.63. The Balaban J connectivity index is 2.35. The molecule has 20 heavy (non-hydrogen) atoms. The molecule has 0 unspecified atom stereocenters. The number of phenolic OH excluding ortho intramolecular Hbond substituents is 1. The Kier molecular flexibility index (Phi) is 3.45. The van der Waals surface area contributed by atoms with Gasteiger partial charge in [0, 0.05) is 0 Å². The lowest BCUT2D eigenvalue weighted by molar-refractivity contribution is 0.477. The van der Waals surface area contributed by atoms with Gasteiger partial charge >= 0.3 is 0 Å². The highest BCUT2D eigenvalue weighted by Gasteiger charge is 2.17. The van der Waals surface area contributed by atoms with Gasteiger partial charge in [-0.3, -0.25) is 0 Å². The molecule has 4 N–H and O–H groups in total. The van der Waals surface area contributed by atoms with Crippen LogP contribution in [-0.4, -0.2) is 28.7 Å². The fourth-order valence-electron chi connectivity index (χ4n) is 1.38. The van der Waals surface area contributed by atoms with Gasteiger partial charge in [0.2, 0.25) is 0 Å². The van der Waals surface area contributed by atoms with Crippen LogP contribution in [0.5, 0.6) is 5.75 Å². The molecule has 0 saturated heterocycles. The molecule has 1 aromatic heterocycles. The van der Waals surface area contributed by atoms with Gasteiger partial charge in [-0.1, -0.05) is 0 Å². The van der Waals surface area contributed by atoms with E-state index >= 15 is 0 Å². The molecule has 0 atom stereocenters. The van der Waals surface area contributed by atoms with Crippen molar-refractivity contribution in [2.45, 2.75) is 18.7 Å². The Labute approximate surface area is 115 Å². The number of nitrogens with zero attached hydrogens (tertiary/aromatic N) is 3. The zero-order valence-corrected chi connectivity index (χ0v) is 11.6. The molecule has 1 aromatic carbocycles. The number of nitrogens with one attached hydrogen (secondary N) is 1. The summed E-state index contributed by atoms with van der Waals surface area (Å²) >= 11 is 0. The second-order valence-electron chi connectivity index (χ2n) is 4.13. The molecule has 0 aliphatic carbocycles. The highest BCUT2D eigenvalue weighted by atomic mass is 32.2. The first-order chi connectivity index (χ1) is 9.29. The number of nitrogens with two attached hydrogens (primary N) is 1. The van der Waals surface area contributed by atoms with Gasteiger partial charge in [-0.05, 0) is 32.0 Å². The summed E-state index contributed by atoms with van der Waals surface area (Å²) in [6.45, 7) is 3.41. The van der Waals surface area contributed by atoms with Crippen LogP contribution >= 0.6 is 0 Å². The van der Waals surface area contributed by atoms with E-state index < -0.39 is 10.0 Å². The van der Waals surface area contributed by atoms with Crippen LogP contribution in [0.25, 0.3) is 0 Å². The molecule has 0 bridgehead atoms. The predicted molar refractivity (Wildman–Crippen MR) is 72.6 cm³/mol. The quantitative estimate of drug-likeness (QED) is 0.557. The average Bonchev–Trinajstić information content (AvgIpc) is 2.37. The highest BCUT2D eigenvalue weighted by molar-refractivity contribution is 7.92. The number of hydrogen-bond acceptors (Lipinski definition) is 7. The monoisotopic (exact) mass is 295 g/mol. The topological polar surface area (TPSA) is 131 Å². The summed E-state index contributed by atoms with van der Waals surface area (Å²) in [6.07, 6.45) is 0. The molecule has 9 heteroatoms. The van der Waals surface area contributed by atoms with Crippen molar-refractivity contribution in [1.29, 1.82) is 0 Å². The van der Waals surface area contributed by atoms with Crippen LogP contribution in [0, 0.1) is 13.8 Å². The molecule has 1 heterocycles. The SMILES string of the molecule is Cc1nnc(NS(=O)(=O)c2ccc(O)c(N)c2)nc1C. The summed E-state index contributed by atoms with van der Waals surface area (Å²) in [6, 6.07) is 3.57. The molecule has 0 aliphatic rings. The number of nitrogen functional groups attached to an aromatic ring is 1. The van der Waals surface area contributed by atoms with Crippen LogP contribution in [-0.2, 0) is 10.0 Å². The summed E-state index contributed by atoms with van der Waals surface area (Å²) in [4.78, 5) is 3.88. The number of sulfonamides is 1. The average molecular weight is 295 g/mol. The Bertz CT molecular complexity index is 761. The second-order valence-corrected chi connectivity index (χ2v) is 5.81. The molecule has 2 rings (SSSR count). The Morgan fingerprint density at radius 1 is 1.20 bits per heavy atom. The highest BCUT2D eigenvalue weighted by Crippen LogP contribution is 2.24. The minimum absolute atomic E-state index is 0.0352. The lowest BCUT2D eigenvalue weighted by atomic mass is 10.3. The number of anilines is 2. The third kappa shape index (κ3) is 2.77. The maximum atomic E-state index is 12.1. The van der Waals surface area contributed by atoms with Crippen molar-refractivity contribution in [2.24, 2.45) is 0 Å². The van der Waals surface area contributed by atoms with Gasteiger partial charge in [0.05, 0.1) is 22.0 Å². The molecule has 0 saturated carbocycles. The van der Waals surface area contributed by atoms with Crippen LogP contribution in [0.1, 0.15) is 11.4 Å². The van der Waals surface area contributed by atoms with E-state index in [1.165, 1.54) is 12.1 Å². The number of benzene rings is 1. The lowest BCUT2D eigenvalue weighted by Crippen LogP contribution is -2.16. The molecule has 8 nitrogen and oxygen atoms in total. The zero-order chi connectivity index (χ0) is 14.9. The molecule has 0 amide bonds. The fraction of sp³-hybridized carbons (Fsp3) is 0.182. The minimum Gasteiger partial charge on any atom is -0.506 e. The van der Waals surface area contributed by atoms with Crippen molar-refractivity contribution in [3.8, 4) is 5.75 Å². The van der Waals surface area contributed by atoms with Crippen molar-refractivity contribution in [3.05, 3.63) is 29.6 Å².